The monoisotopic (exact) mass is 286 g/mol. The largest absolute Gasteiger partial charge is 0.308 e. The van der Waals surface area contributed by atoms with Crippen LogP contribution < -0.4 is 10.0 Å². The van der Waals surface area contributed by atoms with Crippen LogP contribution in [0.5, 0.6) is 0 Å². The fourth-order valence-electron chi connectivity index (χ4n) is 2.12. The SMILES string of the molecule is CS(=O)(=O)NCCNC(c1ccc(F)cc1)C1CC1. The molecule has 0 heterocycles. The molecule has 0 saturated heterocycles. The van der Waals surface area contributed by atoms with Gasteiger partial charge in [0.25, 0.3) is 0 Å². The van der Waals surface area contributed by atoms with Crippen LogP contribution >= 0.6 is 0 Å². The van der Waals surface area contributed by atoms with Gasteiger partial charge in [-0.3, -0.25) is 0 Å². The fraction of sp³-hybridized carbons (Fsp3) is 0.538. The molecule has 0 bridgehead atoms. The van der Waals surface area contributed by atoms with Gasteiger partial charge < -0.3 is 5.32 Å². The summed E-state index contributed by atoms with van der Waals surface area (Å²) >= 11 is 0. The van der Waals surface area contributed by atoms with Crippen molar-refractivity contribution in [3.8, 4) is 0 Å². The Balaban J connectivity index is 1.88. The van der Waals surface area contributed by atoms with E-state index in [2.05, 4.69) is 10.0 Å². The number of hydrogen-bond acceptors (Lipinski definition) is 3. The molecule has 1 aromatic carbocycles. The van der Waals surface area contributed by atoms with Gasteiger partial charge in [0.2, 0.25) is 10.0 Å². The third-order valence-corrected chi connectivity index (χ3v) is 3.90. The highest BCUT2D eigenvalue weighted by Gasteiger charge is 2.31. The van der Waals surface area contributed by atoms with Crippen molar-refractivity contribution >= 4 is 10.0 Å². The van der Waals surface area contributed by atoms with Gasteiger partial charge in [-0.05, 0) is 36.5 Å². The molecule has 6 heteroatoms. The second-order valence-corrected chi connectivity index (χ2v) is 6.82. The molecule has 1 saturated carbocycles. The Morgan fingerprint density at radius 3 is 2.42 bits per heavy atom. The van der Waals surface area contributed by atoms with Crippen LogP contribution in [0.3, 0.4) is 0 Å². The van der Waals surface area contributed by atoms with Gasteiger partial charge in [-0.2, -0.15) is 0 Å². The Morgan fingerprint density at radius 2 is 1.89 bits per heavy atom. The summed E-state index contributed by atoms with van der Waals surface area (Å²) in [5.74, 6) is 0.334. The minimum Gasteiger partial charge on any atom is -0.308 e. The van der Waals surface area contributed by atoms with Gasteiger partial charge >= 0.3 is 0 Å². The summed E-state index contributed by atoms with van der Waals surface area (Å²) in [4.78, 5) is 0. The van der Waals surface area contributed by atoms with Crippen LogP contribution in [0.2, 0.25) is 0 Å². The summed E-state index contributed by atoms with van der Waals surface area (Å²) in [6, 6.07) is 6.68. The van der Waals surface area contributed by atoms with E-state index in [-0.39, 0.29) is 11.9 Å². The molecule has 1 aliphatic rings. The van der Waals surface area contributed by atoms with Gasteiger partial charge in [-0.25, -0.2) is 17.5 Å². The van der Waals surface area contributed by atoms with E-state index in [4.69, 9.17) is 0 Å². The minimum atomic E-state index is -3.14. The van der Waals surface area contributed by atoms with Crippen molar-refractivity contribution in [3.63, 3.8) is 0 Å². The molecular formula is C13H19FN2O2S. The van der Waals surface area contributed by atoms with Crippen LogP contribution in [-0.4, -0.2) is 27.8 Å². The standard InChI is InChI=1S/C13H19FN2O2S/c1-19(17,18)16-9-8-15-13(10-2-3-10)11-4-6-12(14)7-5-11/h4-7,10,13,15-16H,2-3,8-9H2,1H3. The second kappa shape index (κ2) is 5.98. The number of hydrogen-bond donors (Lipinski definition) is 2. The molecule has 4 nitrogen and oxygen atoms in total. The fourth-order valence-corrected chi connectivity index (χ4v) is 2.59. The van der Waals surface area contributed by atoms with Crippen LogP contribution in [-0.2, 0) is 10.0 Å². The minimum absolute atomic E-state index is 0.182. The van der Waals surface area contributed by atoms with Crippen LogP contribution in [0, 0.1) is 11.7 Å². The third kappa shape index (κ3) is 4.89. The Labute approximate surface area is 113 Å². The highest BCUT2D eigenvalue weighted by atomic mass is 32.2. The first-order valence-electron chi connectivity index (χ1n) is 6.39. The first-order valence-corrected chi connectivity index (χ1v) is 8.28. The predicted octanol–water partition coefficient (Wildman–Crippen LogP) is 1.42. The lowest BCUT2D eigenvalue weighted by Gasteiger charge is -2.18. The van der Waals surface area contributed by atoms with Crippen molar-refractivity contribution in [2.45, 2.75) is 18.9 Å². The van der Waals surface area contributed by atoms with Gasteiger partial charge in [0.15, 0.2) is 0 Å². The van der Waals surface area contributed by atoms with E-state index in [9.17, 15) is 12.8 Å². The zero-order valence-electron chi connectivity index (χ0n) is 10.9. The quantitative estimate of drug-likeness (QED) is 0.745. The first-order chi connectivity index (χ1) is 8.96. The number of halogens is 1. The summed E-state index contributed by atoms with van der Waals surface area (Å²) < 4.78 is 37.3. The van der Waals surface area contributed by atoms with Crippen molar-refractivity contribution in [1.29, 1.82) is 0 Å². The molecule has 19 heavy (non-hydrogen) atoms. The van der Waals surface area contributed by atoms with Crippen molar-refractivity contribution in [2.24, 2.45) is 5.92 Å². The van der Waals surface area contributed by atoms with Gasteiger partial charge in [0.1, 0.15) is 5.82 Å². The second-order valence-electron chi connectivity index (χ2n) is 4.99. The Morgan fingerprint density at radius 1 is 1.26 bits per heavy atom. The van der Waals surface area contributed by atoms with E-state index in [1.807, 2.05) is 0 Å². The van der Waals surface area contributed by atoms with Gasteiger partial charge in [0.05, 0.1) is 6.26 Å². The summed E-state index contributed by atoms with van der Waals surface area (Å²) in [6.45, 7) is 0.925. The van der Waals surface area contributed by atoms with Crippen molar-refractivity contribution in [1.82, 2.24) is 10.0 Å². The maximum atomic E-state index is 12.9. The average molecular weight is 286 g/mol. The molecular weight excluding hydrogens is 267 g/mol. The maximum Gasteiger partial charge on any atom is 0.208 e. The lowest BCUT2D eigenvalue weighted by molar-refractivity contribution is 0.481. The number of sulfonamides is 1. The van der Waals surface area contributed by atoms with E-state index >= 15 is 0 Å². The van der Waals surface area contributed by atoms with Gasteiger partial charge in [0, 0.05) is 19.1 Å². The molecule has 0 aromatic heterocycles. The molecule has 0 spiro atoms. The Hall–Kier alpha value is -0.980. The van der Waals surface area contributed by atoms with E-state index in [0.717, 1.165) is 24.7 Å². The van der Waals surface area contributed by atoms with Gasteiger partial charge in [-0.1, -0.05) is 12.1 Å². The number of benzene rings is 1. The molecule has 1 fully saturated rings. The van der Waals surface area contributed by atoms with Crippen LogP contribution in [0.1, 0.15) is 24.4 Å². The van der Waals surface area contributed by atoms with Crippen molar-refractivity contribution in [3.05, 3.63) is 35.6 Å². The van der Waals surface area contributed by atoms with E-state index in [1.54, 1.807) is 12.1 Å². The summed E-state index contributed by atoms with van der Waals surface area (Å²) in [5.41, 5.74) is 1.06. The molecule has 0 amide bonds. The smallest absolute Gasteiger partial charge is 0.208 e. The molecule has 2 rings (SSSR count). The Bertz CT molecular complexity index is 512. The summed E-state index contributed by atoms with van der Waals surface area (Å²) in [7, 11) is -3.14. The average Bonchev–Trinajstić information content (AvgIpc) is 3.14. The zero-order valence-corrected chi connectivity index (χ0v) is 11.7. The maximum absolute atomic E-state index is 12.9. The van der Waals surface area contributed by atoms with E-state index in [0.29, 0.717) is 19.0 Å². The highest BCUT2D eigenvalue weighted by Crippen LogP contribution is 2.40. The number of rotatable bonds is 7. The van der Waals surface area contributed by atoms with Crippen LogP contribution in [0.4, 0.5) is 4.39 Å². The lowest BCUT2D eigenvalue weighted by Crippen LogP contribution is -2.33. The summed E-state index contributed by atoms with van der Waals surface area (Å²) in [6.07, 6.45) is 3.47. The Kier molecular flexibility index (Phi) is 4.54. The molecule has 1 atom stereocenters. The van der Waals surface area contributed by atoms with Crippen molar-refractivity contribution < 1.29 is 12.8 Å². The van der Waals surface area contributed by atoms with Crippen molar-refractivity contribution in [2.75, 3.05) is 19.3 Å². The molecule has 2 N–H and O–H groups in total. The third-order valence-electron chi connectivity index (χ3n) is 3.18. The molecule has 0 aliphatic heterocycles. The van der Waals surface area contributed by atoms with Crippen LogP contribution in [0.25, 0.3) is 0 Å². The first kappa shape index (κ1) is 14.4. The summed E-state index contributed by atoms with van der Waals surface area (Å²) in [5, 5.41) is 3.34. The van der Waals surface area contributed by atoms with E-state index < -0.39 is 10.0 Å². The highest BCUT2D eigenvalue weighted by molar-refractivity contribution is 7.88. The molecule has 1 unspecified atom stereocenters. The molecule has 0 radical (unpaired) electrons. The zero-order chi connectivity index (χ0) is 13.9. The molecule has 106 valence electrons. The molecule has 1 aliphatic carbocycles. The number of nitrogens with one attached hydrogen (secondary N) is 2. The van der Waals surface area contributed by atoms with Gasteiger partial charge in [-0.15, -0.1) is 0 Å². The normalized spacial score (nSPS) is 17.4. The topological polar surface area (TPSA) is 58.2 Å². The predicted molar refractivity (Wildman–Crippen MR) is 72.7 cm³/mol. The lowest BCUT2D eigenvalue weighted by atomic mass is 10.0. The van der Waals surface area contributed by atoms with E-state index in [1.165, 1.54) is 12.1 Å². The van der Waals surface area contributed by atoms with Crippen LogP contribution in [0.15, 0.2) is 24.3 Å². The molecule has 1 aromatic rings.